The molecule has 3 rings (SSSR count). The molecule has 1 N–H and O–H groups in total. The Balaban J connectivity index is 1.62. The molecule has 2 aromatic heterocycles. The highest BCUT2D eigenvalue weighted by molar-refractivity contribution is 7.13. The van der Waals surface area contributed by atoms with E-state index >= 15 is 0 Å². The molecule has 0 aliphatic carbocycles. The van der Waals surface area contributed by atoms with Gasteiger partial charge in [-0.2, -0.15) is 4.98 Å². The van der Waals surface area contributed by atoms with Crippen molar-refractivity contribution in [1.29, 1.82) is 0 Å². The minimum atomic E-state index is 0.127. The minimum Gasteiger partial charge on any atom is -0.395 e. The van der Waals surface area contributed by atoms with Gasteiger partial charge in [0.25, 0.3) is 0 Å². The quantitative estimate of drug-likeness (QED) is 0.902. The van der Waals surface area contributed by atoms with Crippen LogP contribution >= 0.6 is 11.3 Å². The van der Waals surface area contributed by atoms with E-state index in [4.69, 9.17) is 9.63 Å². The van der Waals surface area contributed by atoms with Gasteiger partial charge in [0.2, 0.25) is 11.7 Å². The van der Waals surface area contributed by atoms with Crippen molar-refractivity contribution in [2.45, 2.75) is 13.0 Å². The van der Waals surface area contributed by atoms with Gasteiger partial charge in [0.1, 0.15) is 0 Å². The molecular formula is C14H20N4O2S. The monoisotopic (exact) mass is 308 g/mol. The lowest BCUT2D eigenvalue weighted by atomic mass is 10.2. The molecule has 0 spiro atoms. The average Bonchev–Trinajstić information content (AvgIpc) is 3.19. The van der Waals surface area contributed by atoms with Gasteiger partial charge in [0, 0.05) is 32.7 Å². The molecule has 1 aliphatic heterocycles. The highest BCUT2D eigenvalue weighted by atomic mass is 32.1. The molecule has 0 bridgehead atoms. The van der Waals surface area contributed by atoms with Crippen molar-refractivity contribution in [3.63, 3.8) is 0 Å². The van der Waals surface area contributed by atoms with Gasteiger partial charge in [-0.25, -0.2) is 0 Å². The van der Waals surface area contributed by atoms with Gasteiger partial charge in [-0.1, -0.05) is 11.2 Å². The average molecular weight is 308 g/mol. The Morgan fingerprint density at radius 2 is 2.19 bits per heavy atom. The van der Waals surface area contributed by atoms with Gasteiger partial charge in [0.05, 0.1) is 17.5 Å². The molecule has 1 saturated heterocycles. The third-order valence-electron chi connectivity index (χ3n) is 3.91. The zero-order valence-electron chi connectivity index (χ0n) is 12.1. The first-order valence-electron chi connectivity index (χ1n) is 7.22. The Kier molecular flexibility index (Phi) is 4.64. The van der Waals surface area contributed by atoms with E-state index in [0.29, 0.717) is 11.7 Å². The van der Waals surface area contributed by atoms with E-state index in [-0.39, 0.29) is 12.6 Å². The van der Waals surface area contributed by atoms with Crippen LogP contribution in [0.15, 0.2) is 22.0 Å². The van der Waals surface area contributed by atoms with Gasteiger partial charge in [-0.15, -0.1) is 11.3 Å². The van der Waals surface area contributed by atoms with E-state index in [1.54, 1.807) is 11.3 Å². The maximum absolute atomic E-state index is 8.98. The number of nitrogens with zero attached hydrogens (tertiary/aromatic N) is 4. The van der Waals surface area contributed by atoms with Crippen LogP contribution in [0.25, 0.3) is 10.7 Å². The van der Waals surface area contributed by atoms with E-state index in [9.17, 15) is 0 Å². The Labute approximate surface area is 128 Å². The number of aromatic nitrogens is 2. The SMILES string of the molecule is C[C@@H](c1nc(-c2cccs2)no1)N1CCN(CCO)CC1. The maximum Gasteiger partial charge on any atom is 0.244 e. The lowest BCUT2D eigenvalue weighted by Crippen LogP contribution is -2.47. The first-order valence-corrected chi connectivity index (χ1v) is 8.10. The number of aliphatic hydroxyl groups excluding tert-OH is 1. The summed E-state index contributed by atoms with van der Waals surface area (Å²) in [6, 6.07) is 4.11. The molecule has 0 amide bonds. The molecule has 1 atom stereocenters. The van der Waals surface area contributed by atoms with Crippen LogP contribution in [-0.2, 0) is 0 Å². The Morgan fingerprint density at radius 3 is 2.86 bits per heavy atom. The van der Waals surface area contributed by atoms with E-state index < -0.39 is 0 Å². The molecule has 0 saturated carbocycles. The summed E-state index contributed by atoms with van der Waals surface area (Å²) in [5.41, 5.74) is 0. The number of piperazine rings is 1. The van der Waals surface area contributed by atoms with Crippen molar-refractivity contribution in [2.24, 2.45) is 0 Å². The molecule has 0 radical (unpaired) electrons. The van der Waals surface area contributed by atoms with Crippen LogP contribution in [0.1, 0.15) is 18.9 Å². The third kappa shape index (κ3) is 3.32. The van der Waals surface area contributed by atoms with E-state index in [1.165, 1.54) is 0 Å². The Hall–Kier alpha value is -1.28. The highest BCUT2D eigenvalue weighted by Gasteiger charge is 2.25. The summed E-state index contributed by atoms with van der Waals surface area (Å²) in [6.07, 6.45) is 0. The summed E-state index contributed by atoms with van der Waals surface area (Å²) in [6.45, 7) is 6.94. The zero-order valence-corrected chi connectivity index (χ0v) is 12.9. The lowest BCUT2D eigenvalue weighted by Gasteiger charge is -2.36. The first-order chi connectivity index (χ1) is 10.3. The van der Waals surface area contributed by atoms with Crippen molar-refractivity contribution in [3.05, 3.63) is 23.4 Å². The van der Waals surface area contributed by atoms with E-state index in [1.807, 2.05) is 17.5 Å². The fraction of sp³-hybridized carbons (Fsp3) is 0.571. The summed E-state index contributed by atoms with van der Waals surface area (Å²) in [7, 11) is 0. The lowest BCUT2D eigenvalue weighted by molar-refractivity contribution is 0.0776. The van der Waals surface area contributed by atoms with Gasteiger partial charge < -0.3 is 9.63 Å². The van der Waals surface area contributed by atoms with Gasteiger partial charge in [0.15, 0.2) is 0 Å². The molecule has 0 aromatic carbocycles. The Bertz CT molecular complexity index is 549. The predicted molar refractivity (Wildman–Crippen MR) is 81.1 cm³/mol. The largest absolute Gasteiger partial charge is 0.395 e. The molecule has 6 nitrogen and oxygen atoms in total. The van der Waals surface area contributed by atoms with Crippen LogP contribution in [0.4, 0.5) is 0 Å². The number of rotatable bonds is 5. The number of β-amino-alcohol motifs (C(OH)–C–C–N with tert-alkyl or cyclic N) is 1. The van der Waals surface area contributed by atoms with E-state index in [2.05, 4.69) is 26.9 Å². The molecule has 1 fully saturated rings. The van der Waals surface area contributed by atoms with Crippen molar-refractivity contribution < 1.29 is 9.63 Å². The number of hydrogen-bond acceptors (Lipinski definition) is 7. The first kappa shape index (κ1) is 14.6. The second kappa shape index (κ2) is 6.65. The van der Waals surface area contributed by atoms with E-state index in [0.717, 1.165) is 37.6 Å². The zero-order chi connectivity index (χ0) is 14.7. The van der Waals surface area contributed by atoms with Crippen molar-refractivity contribution in [2.75, 3.05) is 39.3 Å². The summed E-state index contributed by atoms with van der Waals surface area (Å²) in [5, 5.41) is 15.1. The molecule has 114 valence electrons. The summed E-state index contributed by atoms with van der Waals surface area (Å²) in [5.74, 6) is 1.35. The Morgan fingerprint density at radius 1 is 1.38 bits per heavy atom. The molecule has 1 aliphatic rings. The molecule has 2 aromatic rings. The number of hydrogen-bond donors (Lipinski definition) is 1. The number of thiophene rings is 1. The minimum absolute atomic E-state index is 0.127. The molecule has 3 heterocycles. The molecule has 0 unspecified atom stereocenters. The van der Waals surface area contributed by atoms with Crippen LogP contribution in [0.3, 0.4) is 0 Å². The summed E-state index contributed by atoms with van der Waals surface area (Å²) >= 11 is 1.61. The predicted octanol–water partition coefficient (Wildman–Crippen LogP) is 1.47. The highest BCUT2D eigenvalue weighted by Crippen LogP contribution is 2.25. The number of aliphatic hydroxyl groups is 1. The van der Waals surface area contributed by atoms with Gasteiger partial charge in [-0.3, -0.25) is 9.80 Å². The second-order valence-corrected chi connectivity index (χ2v) is 6.16. The third-order valence-corrected chi connectivity index (χ3v) is 4.78. The normalized spacial score (nSPS) is 19.0. The topological polar surface area (TPSA) is 65.6 Å². The van der Waals surface area contributed by atoms with Crippen molar-refractivity contribution >= 4 is 11.3 Å². The van der Waals surface area contributed by atoms with Crippen molar-refractivity contribution in [3.8, 4) is 10.7 Å². The second-order valence-electron chi connectivity index (χ2n) is 5.21. The standard InChI is InChI=1S/C14H20N4O2S/c1-11(18-6-4-17(5-7-18)8-9-19)14-15-13(16-20-14)12-3-2-10-21-12/h2-3,10-11,19H,4-9H2,1H3/t11-/m0/s1. The fourth-order valence-corrected chi connectivity index (χ4v) is 3.23. The van der Waals surface area contributed by atoms with Crippen molar-refractivity contribution in [1.82, 2.24) is 19.9 Å². The molecular weight excluding hydrogens is 288 g/mol. The summed E-state index contributed by atoms with van der Waals surface area (Å²) in [4.78, 5) is 10.2. The fourth-order valence-electron chi connectivity index (χ4n) is 2.58. The smallest absolute Gasteiger partial charge is 0.244 e. The molecule has 21 heavy (non-hydrogen) atoms. The molecule has 7 heteroatoms. The van der Waals surface area contributed by atoms with Crippen LogP contribution < -0.4 is 0 Å². The van der Waals surface area contributed by atoms with Crippen LogP contribution in [0.2, 0.25) is 0 Å². The summed E-state index contributed by atoms with van der Waals surface area (Å²) < 4.78 is 5.43. The van der Waals surface area contributed by atoms with Gasteiger partial charge in [-0.05, 0) is 18.4 Å². The van der Waals surface area contributed by atoms with Crippen LogP contribution in [0.5, 0.6) is 0 Å². The van der Waals surface area contributed by atoms with Crippen LogP contribution in [0, 0.1) is 0 Å². The van der Waals surface area contributed by atoms with Gasteiger partial charge >= 0.3 is 0 Å². The maximum atomic E-state index is 8.98. The van der Waals surface area contributed by atoms with Crippen LogP contribution in [-0.4, -0.2) is 64.4 Å².